The first-order valence-electron chi connectivity index (χ1n) is 5.91. The van der Waals surface area contributed by atoms with Gasteiger partial charge in [-0.3, -0.25) is 0 Å². The predicted molar refractivity (Wildman–Crippen MR) is 59.9 cm³/mol. The number of hydrogen-bond acceptors (Lipinski definition) is 3. The number of methoxy groups -OCH3 is 1. The highest BCUT2D eigenvalue weighted by Crippen LogP contribution is 2.27. The topological polar surface area (TPSA) is 38.7 Å². The molecule has 0 radical (unpaired) electrons. The Kier molecular flexibility index (Phi) is 5.03. The summed E-state index contributed by atoms with van der Waals surface area (Å²) < 4.78 is 10.6. The molecule has 3 nitrogen and oxygen atoms in total. The van der Waals surface area contributed by atoms with Gasteiger partial charge in [0.1, 0.15) is 0 Å². The van der Waals surface area contributed by atoms with Gasteiger partial charge in [-0.1, -0.05) is 13.8 Å². The van der Waals surface area contributed by atoms with Crippen LogP contribution in [0.5, 0.6) is 0 Å². The summed E-state index contributed by atoms with van der Waals surface area (Å²) in [6, 6.07) is 0. The van der Waals surface area contributed by atoms with Gasteiger partial charge in [-0.05, 0) is 31.6 Å². The highest BCUT2D eigenvalue weighted by atomic mass is 16.5. The molecule has 0 saturated carbocycles. The third kappa shape index (κ3) is 3.74. The summed E-state index contributed by atoms with van der Waals surface area (Å²) in [5.41, 5.74) is -0.694. The lowest BCUT2D eigenvalue weighted by atomic mass is 9.85. The van der Waals surface area contributed by atoms with Crippen molar-refractivity contribution in [1.29, 1.82) is 0 Å². The van der Waals surface area contributed by atoms with Gasteiger partial charge in [-0.15, -0.1) is 0 Å². The minimum atomic E-state index is -0.694. The molecule has 2 unspecified atom stereocenters. The molecule has 1 aliphatic rings. The molecule has 0 spiro atoms. The molecule has 15 heavy (non-hydrogen) atoms. The van der Waals surface area contributed by atoms with Gasteiger partial charge < -0.3 is 14.6 Å². The van der Waals surface area contributed by atoms with Gasteiger partial charge >= 0.3 is 0 Å². The smallest absolute Gasteiger partial charge is 0.0903 e. The average molecular weight is 216 g/mol. The van der Waals surface area contributed by atoms with Crippen molar-refractivity contribution in [3.63, 3.8) is 0 Å². The Morgan fingerprint density at radius 3 is 2.73 bits per heavy atom. The maximum absolute atomic E-state index is 10.4. The van der Waals surface area contributed by atoms with Crippen LogP contribution in [-0.4, -0.2) is 37.1 Å². The fraction of sp³-hybridized carbons (Fsp3) is 1.00. The molecule has 0 amide bonds. The van der Waals surface area contributed by atoms with Gasteiger partial charge in [0.2, 0.25) is 0 Å². The maximum Gasteiger partial charge on any atom is 0.0903 e. The summed E-state index contributed by atoms with van der Waals surface area (Å²) in [6.45, 7) is 5.37. The second-order valence-electron chi connectivity index (χ2n) is 4.86. The van der Waals surface area contributed by atoms with Gasteiger partial charge in [0.05, 0.1) is 18.3 Å². The highest BCUT2D eigenvalue weighted by molar-refractivity contribution is 4.83. The maximum atomic E-state index is 10.4. The molecule has 1 aliphatic heterocycles. The quantitative estimate of drug-likeness (QED) is 0.738. The van der Waals surface area contributed by atoms with Crippen molar-refractivity contribution in [3.05, 3.63) is 0 Å². The van der Waals surface area contributed by atoms with Crippen LogP contribution in [0.25, 0.3) is 0 Å². The van der Waals surface area contributed by atoms with E-state index < -0.39 is 5.60 Å². The number of ether oxygens (including phenoxy) is 2. The molecule has 1 rings (SSSR count). The molecule has 1 heterocycles. The Morgan fingerprint density at radius 2 is 2.27 bits per heavy atom. The second-order valence-corrected chi connectivity index (χ2v) is 4.86. The number of aliphatic hydroxyl groups is 1. The molecule has 1 fully saturated rings. The van der Waals surface area contributed by atoms with Crippen molar-refractivity contribution in [3.8, 4) is 0 Å². The Labute approximate surface area is 92.8 Å². The first kappa shape index (κ1) is 12.9. The lowest BCUT2D eigenvalue weighted by Crippen LogP contribution is -2.40. The highest BCUT2D eigenvalue weighted by Gasteiger charge is 2.32. The van der Waals surface area contributed by atoms with E-state index in [9.17, 15) is 5.11 Å². The van der Waals surface area contributed by atoms with E-state index >= 15 is 0 Å². The van der Waals surface area contributed by atoms with E-state index in [1.54, 1.807) is 7.11 Å². The Balaban J connectivity index is 2.36. The first-order chi connectivity index (χ1) is 7.08. The largest absolute Gasteiger partial charge is 0.387 e. The fourth-order valence-electron chi connectivity index (χ4n) is 2.06. The third-order valence-corrected chi connectivity index (χ3v) is 3.39. The summed E-state index contributed by atoms with van der Waals surface area (Å²) in [5, 5.41) is 10.4. The molecule has 90 valence electrons. The van der Waals surface area contributed by atoms with Crippen LogP contribution < -0.4 is 0 Å². The van der Waals surface area contributed by atoms with E-state index in [0.717, 1.165) is 32.3 Å². The fourth-order valence-corrected chi connectivity index (χ4v) is 2.06. The minimum Gasteiger partial charge on any atom is -0.387 e. The van der Waals surface area contributed by atoms with E-state index in [0.29, 0.717) is 12.7 Å². The summed E-state index contributed by atoms with van der Waals surface area (Å²) in [5.74, 6) is 0.221. The van der Waals surface area contributed by atoms with Crippen LogP contribution in [0.4, 0.5) is 0 Å². The van der Waals surface area contributed by atoms with E-state index in [1.807, 2.05) is 13.8 Å². The molecule has 2 atom stereocenters. The number of hydrogen-bond donors (Lipinski definition) is 1. The van der Waals surface area contributed by atoms with Crippen molar-refractivity contribution < 1.29 is 14.6 Å². The van der Waals surface area contributed by atoms with Crippen LogP contribution >= 0.6 is 0 Å². The molecule has 0 aliphatic carbocycles. The normalized spacial score (nSPS) is 25.8. The summed E-state index contributed by atoms with van der Waals surface area (Å²) >= 11 is 0. The van der Waals surface area contributed by atoms with Gasteiger partial charge in [-0.2, -0.15) is 0 Å². The third-order valence-electron chi connectivity index (χ3n) is 3.39. The van der Waals surface area contributed by atoms with Crippen molar-refractivity contribution >= 4 is 0 Å². The van der Waals surface area contributed by atoms with Crippen molar-refractivity contribution in [2.24, 2.45) is 5.92 Å². The summed E-state index contributed by atoms with van der Waals surface area (Å²) in [6.07, 6.45) is 4.37. The second kappa shape index (κ2) is 5.83. The van der Waals surface area contributed by atoms with Crippen molar-refractivity contribution in [2.75, 3.05) is 20.3 Å². The van der Waals surface area contributed by atoms with E-state index in [4.69, 9.17) is 9.47 Å². The molecule has 0 aromatic rings. The average Bonchev–Trinajstić information content (AvgIpc) is 2.67. The summed E-state index contributed by atoms with van der Waals surface area (Å²) in [7, 11) is 1.64. The van der Waals surface area contributed by atoms with E-state index in [1.165, 1.54) is 0 Å². The van der Waals surface area contributed by atoms with Gasteiger partial charge in [0, 0.05) is 13.7 Å². The molecule has 0 bridgehead atoms. The van der Waals surface area contributed by atoms with Crippen LogP contribution in [0, 0.1) is 5.92 Å². The van der Waals surface area contributed by atoms with Crippen LogP contribution in [0.3, 0.4) is 0 Å². The molecule has 1 N–H and O–H groups in total. The zero-order valence-corrected chi connectivity index (χ0v) is 10.2. The van der Waals surface area contributed by atoms with Gasteiger partial charge in [-0.25, -0.2) is 0 Å². The Bertz CT molecular complexity index is 176. The molecule has 0 aromatic heterocycles. The Morgan fingerprint density at radius 1 is 1.53 bits per heavy atom. The van der Waals surface area contributed by atoms with Crippen LogP contribution in [0.15, 0.2) is 0 Å². The van der Waals surface area contributed by atoms with Gasteiger partial charge in [0.25, 0.3) is 0 Å². The van der Waals surface area contributed by atoms with E-state index in [-0.39, 0.29) is 5.92 Å². The Hall–Kier alpha value is -0.120. The van der Waals surface area contributed by atoms with Crippen molar-refractivity contribution in [2.45, 2.75) is 51.2 Å². The first-order valence-corrected chi connectivity index (χ1v) is 5.91. The lowest BCUT2D eigenvalue weighted by molar-refractivity contribution is -0.0773. The molecular weight excluding hydrogens is 192 g/mol. The molecule has 3 heteroatoms. The molecular formula is C12H24O3. The standard InChI is InChI=1S/C12H24O3/c1-10(2)12(13,9-14-3)7-6-11-5-4-8-15-11/h10-11,13H,4-9H2,1-3H3. The molecule has 0 aromatic carbocycles. The summed E-state index contributed by atoms with van der Waals surface area (Å²) in [4.78, 5) is 0. The van der Waals surface area contributed by atoms with Gasteiger partial charge in [0.15, 0.2) is 0 Å². The zero-order chi connectivity index (χ0) is 11.3. The lowest BCUT2D eigenvalue weighted by Gasteiger charge is -2.32. The van der Waals surface area contributed by atoms with E-state index in [2.05, 4.69) is 0 Å². The van der Waals surface area contributed by atoms with Crippen LogP contribution in [0.1, 0.15) is 39.5 Å². The SMILES string of the molecule is COCC(O)(CCC1CCCO1)C(C)C. The minimum absolute atomic E-state index is 0.221. The van der Waals surface area contributed by atoms with Crippen molar-refractivity contribution in [1.82, 2.24) is 0 Å². The molecule has 1 saturated heterocycles. The number of rotatable bonds is 6. The predicted octanol–water partition coefficient (Wildman–Crippen LogP) is 1.98. The zero-order valence-electron chi connectivity index (χ0n) is 10.2. The van der Waals surface area contributed by atoms with Crippen LogP contribution in [0.2, 0.25) is 0 Å². The monoisotopic (exact) mass is 216 g/mol. The van der Waals surface area contributed by atoms with Crippen LogP contribution in [-0.2, 0) is 9.47 Å².